The summed E-state index contributed by atoms with van der Waals surface area (Å²) in [5.74, 6) is 2.45. The van der Waals surface area contributed by atoms with Crippen LogP contribution in [-0.4, -0.2) is 51.0 Å². The number of guanidine groups is 1. The van der Waals surface area contributed by atoms with Gasteiger partial charge in [0.25, 0.3) is 0 Å². The number of fused-ring (bicyclic) bond motifs is 1. The van der Waals surface area contributed by atoms with Crippen LogP contribution in [0.1, 0.15) is 32.6 Å². The molecule has 4 rings (SSSR count). The van der Waals surface area contributed by atoms with Crippen molar-refractivity contribution in [3.63, 3.8) is 0 Å². The summed E-state index contributed by atoms with van der Waals surface area (Å²) in [6.45, 7) is 4.08. The first-order valence-corrected chi connectivity index (χ1v) is 9.72. The fraction of sp³-hybridized carbons (Fsp3) is 0.650. The van der Waals surface area contributed by atoms with Gasteiger partial charge in [0.1, 0.15) is 12.7 Å². The Hall–Kier alpha value is -1.22. The van der Waals surface area contributed by atoms with Gasteiger partial charge in [-0.15, -0.1) is 24.0 Å². The molecule has 150 valence electrons. The Kier molecular flexibility index (Phi) is 6.73. The topological polar surface area (TPSA) is 64.1 Å². The Bertz CT molecular complexity index is 666. The highest BCUT2D eigenvalue weighted by molar-refractivity contribution is 14.0. The lowest BCUT2D eigenvalue weighted by atomic mass is 9.51. The zero-order valence-corrected chi connectivity index (χ0v) is 18.4. The monoisotopic (exact) mass is 487 g/mol. The summed E-state index contributed by atoms with van der Waals surface area (Å²) < 4.78 is 17.7. The number of nitrogens with zero attached hydrogens (tertiary/aromatic N) is 1. The molecule has 1 aliphatic heterocycles. The molecular weight excluding hydrogens is 457 g/mol. The van der Waals surface area contributed by atoms with Gasteiger partial charge in [0.05, 0.1) is 12.6 Å². The molecule has 3 atom stereocenters. The Labute approximate surface area is 178 Å². The number of hydrogen-bond acceptors (Lipinski definition) is 4. The molecule has 2 N–H and O–H groups in total. The Balaban J connectivity index is 0.00000210. The number of ether oxygens (including phenoxy) is 3. The molecule has 0 radical (unpaired) electrons. The Morgan fingerprint density at radius 3 is 2.74 bits per heavy atom. The van der Waals surface area contributed by atoms with E-state index in [1.54, 1.807) is 0 Å². The minimum atomic E-state index is -0.0290. The second kappa shape index (κ2) is 8.86. The van der Waals surface area contributed by atoms with Crippen LogP contribution < -0.4 is 20.1 Å². The summed E-state index contributed by atoms with van der Waals surface area (Å²) in [5, 5.41) is 7.00. The number of halogens is 1. The first-order valence-electron chi connectivity index (χ1n) is 9.72. The summed E-state index contributed by atoms with van der Waals surface area (Å²) in [6, 6.07) is 8.24. The van der Waals surface area contributed by atoms with Gasteiger partial charge < -0.3 is 24.8 Å². The van der Waals surface area contributed by atoms with Gasteiger partial charge in [0, 0.05) is 25.1 Å². The van der Waals surface area contributed by atoms with Gasteiger partial charge in [-0.3, -0.25) is 4.99 Å². The van der Waals surface area contributed by atoms with Crippen molar-refractivity contribution in [3.05, 3.63) is 24.3 Å². The standard InChI is InChI=1S/C20H29N3O3.HI/c1-3-24-18-11-17(20(18)9-6-10-20)23-19(21-2)22-12-14-13-25-15-7-4-5-8-16(15)26-14;/h4-5,7-8,14,17-18H,3,6,9-13H2,1-2H3,(H2,21,22,23);1H. The lowest BCUT2D eigenvalue weighted by Gasteiger charge is -2.61. The molecule has 1 spiro atoms. The molecule has 1 aromatic carbocycles. The molecule has 0 bridgehead atoms. The van der Waals surface area contributed by atoms with Crippen LogP contribution >= 0.6 is 24.0 Å². The fourth-order valence-corrected chi connectivity index (χ4v) is 4.37. The average Bonchev–Trinajstić information content (AvgIpc) is 2.62. The number of rotatable bonds is 5. The van der Waals surface area contributed by atoms with Gasteiger partial charge in [0.2, 0.25) is 0 Å². The first kappa shape index (κ1) is 20.5. The Morgan fingerprint density at radius 2 is 2.07 bits per heavy atom. The number of para-hydroxylation sites is 2. The maximum atomic E-state index is 6.00. The summed E-state index contributed by atoms with van der Waals surface area (Å²) >= 11 is 0. The van der Waals surface area contributed by atoms with Crippen LogP contribution in [0.3, 0.4) is 0 Å². The van der Waals surface area contributed by atoms with Crippen LogP contribution in [0.15, 0.2) is 29.3 Å². The van der Waals surface area contributed by atoms with E-state index in [2.05, 4.69) is 22.5 Å². The van der Waals surface area contributed by atoms with E-state index in [1.807, 2.05) is 31.3 Å². The zero-order chi connectivity index (χ0) is 18.0. The van der Waals surface area contributed by atoms with Crippen LogP contribution in [-0.2, 0) is 4.74 Å². The largest absolute Gasteiger partial charge is 0.486 e. The third kappa shape index (κ3) is 3.99. The summed E-state index contributed by atoms with van der Waals surface area (Å²) in [7, 11) is 1.81. The van der Waals surface area contributed by atoms with E-state index in [9.17, 15) is 0 Å². The number of benzene rings is 1. The highest BCUT2D eigenvalue weighted by atomic mass is 127. The third-order valence-corrected chi connectivity index (χ3v) is 6.04. The van der Waals surface area contributed by atoms with E-state index < -0.39 is 0 Å². The van der Waals surface area contributed by atoms with Crippen molar-refractivity contribution >= 4 is 29.9 Å². The van der Waals surface area contributed by atoms with Gasteiger partial charge in [-0.05, 0) is 38.3 Å². The second-order valence-corrected chi connectivity index (χ2v) is 7.41. The van der Waals surface area contributed by atoms with E-state index >= 15 is 0 Å². The molecule has 7 heteroatoms. The normalized spacial score (nSPS) is 27.8. The molecule has 6 nitrogen and oxygen atoms in total. The van der Waals surface area contributed by atoms with Gasteiger partial charge >= 0.3 is 0 Å². The molecule has 0 aromatic heterocycles. The average molecular weight is 487 g/mol. The van der Waals surface area contributed by atoms with Crippen LogP contribution in [0.25, 0.3) is 0 Å². The maximum absolute atomic E-state index is 6.00. The smallest absolute Gasteiger partial charge is 0.191 e. The van der Waals surface area contributed by atoms with Gasteiger partial charge in [0.15, 0.2) is 17.5 Å². The van der Waals surface area contributed by atoms with E-state index in [4.69, 9.17) is 14.2 Å². The minimum absolute atomic E-state index is 0. The van der Waals surface area contributed by atoms with E-state index in [0.29, 0.717) is 30.7 Å². The molecule has 2 saturated carbocycles. The van der Waals surface area contributed by atoms with Crippen LogP contribution in [0.4, 0.5) is 0 Å². The van der Waals surface area contributed by atoms with E-state index in [1.165, 1.54) is 19.3 Å². The fourth-order valence-electron chi connectivity index (χ4n) is 4.37. The van der Waals surface area contributed by atoms with E-state index in [0.717, 1.165) is 30.5 Å². The van der Waals surface area contributed by atoms with E-state index in [-0.39, 0.29) is 30.1 Å². The number of aliphatic imine (C=N–C) groups is 1. The Morgan fingerprint density at radius 1 is 1.30 bits per heavy atom. The highest BCUT2D eigenvalue weighted by Gasteiger charge is 2.59. The van der Waals surface area contributed by atoms with Gasteiger partial charge in [-0.2, -0.15) is 0 Å². The van der Waals surface area contributed by atoms with Crippen molar-refractivity contribution in [1.29, 1.82) is 0 Å². The predicted octanol–water partition coefficient (Wildman–Crippen LogP) is 2.96. The van der Waals surface area contributed by atoms with Crippen LogP contribution in [0.5, 0.6) is 11.5 Å². The first-order chi connectivity index (χ1) is 12.7. The van der Waals surface area contributed by atoms with Crippen molar-refractivity contribution in [1.82, 2.24) is 10.6 Å². The molecule has 2 fully saturated rings. The molecule has 1 aromatic rings. The molecule has 3 unspecified atom stereocenters. The predicted molar refractivity (Wildman–Crippen MR) is 116 cm³/mol. The zero-order valence-electron chi connectivity index (χ0n) is 16.1. The molecular formula is C20H30IN3O3. The molecule has 3 aliphatic rings. The van der Waals surface area contributed by atoms with Crippen LogP contribution in [0, 0.1) is 5.41 Å². The van der Waals surface area contributed by atoms with Crippen molar-refractivity contribution in [2.75, 3.05) is 26.8 Å². The lowest BCUT2D eigenvalue weighted by molar-refractivity contribution is -0.168. The van der Waals surface area contributed by atoms with Gasteiger partial charge in [-0.1, -0.05) is 18.6 Å². The quantitative estimate of drug-likeness (QED) is 0.380. The van der Waals surface area contributed by atoms with Crippen molar-refractivity contribution in [2.24, 2.45) is 10.4 Å². The second-order valence-electron chi connectivity index (χ2n) is 7.41. The maximum Gasteiger partial charge on any atom is 0.191 e. The molecule has 2 aliphatic carbocycles. The van der Waals surface area contributed by atoms with Crippen molar-refractivity contribution in [2.45, 2.75) is 50.9 Å². The molecule has 27 heavy (non-hydrogen) atoms. The minimum Gasteiger partial charge on any atom is -0.486 e. The lowest BCUT2D eigenvalue weighted by Crippen LogP contribution is -2.68. The van der Waals surface area contributed by atoms with Crippen LogP contribution in [0.2, 0.25) is 0 Å². The molecule has 0 saturated heterocycles. The van der Waals surface area contributed by atoms with Crippen molar-refractivity contribution in [3.8, 4) is 11.5 Å². The summed E-state index contributed by atoms with van der Waals surface area (Å²) in [4.78, 5) is 4.39. The summed E-state index contributed by atoms with van der Waals surface area (Å²) in [5.41, 5.74) is 0.316. The highest BCUT2D eigenvalue weighted by Crippen LogP contribution is 2.57. The number of nitrogens with one attached hydrogen (secondary N) is 2. The summed E-state index contributed by atoms with van der Waals surface area (Å²) in [6.07, 6.45) is 5.25. The third-order valence-electron chi connectivity index (χ3n) is 6.04. The SMILES string of the molecule is CCOC1CC(NC(=NC)NCC2COc3ccccc3O2)C12CCC2.I. The molecule has 1 heterocycles. The van der Waals surface area contributed by atoms with Gasteiger partial charge in [-0.25, -0.2) is 0 Å². The van der Waals surface area contributed by atoms with Crippen molar-refractivity contribution < 1.29 is 14.2 Å². The molecule has 0 amide bonds. The number of hydrogen-bond donors (Lipinski definition) is 2.